The summed E-state index contributed by atoms with van der Waals surface area (Å²) in [6.07, 6.45) is 0.800. The Morgan fingerprint density at radius 3 is 1.87 bits per heavy atom. The monoisotopic (exact) mass is 350 g/mol. The van der Waals surface area contributed by atoms with Crippen molar-refractivity contribution in [1.82, 2.24) is 0 Å². The van der Waals surface area contributed by atoms with E-state index in [4.69, 9.17) is 18.0 Å². The summed E-state index contributed by atoms with van der Waals surface area (Å²) in [6.45, 7) is 9.02. The highest BCUT2D eigenvalue weighted by molar-refractivity contribution is 6.60. The number of carboxylic acid groups (broad SMARTS) is 1. The van der Waals surface area contributed by atoms with Crippen molar-refractivity contribution in [3.63, 3.8) is 0 Å². The van der Waals surface area contributed by atoms with Crippen molar-refractivity contribution in [2.24, 2.45) is 5.92 Å². The maximum Gasteiger partial charge on any atom is 0.500 e. The fraction of sp³-hybridized carbons (Fsp3) is 0.867. The number of aliphatic carboxylic acids is 1. The molecule has 0 fully saturated rings. The minimum absolute atomic E-state index is 0.115. The number of esters is 1. The molecule has 23 heavy (non-hydrogen) atoms. The van der Waals surface area contributed by atoms with Crippen LogP contribution in [0.15, 0.2) is 0 Å². The molecule has 0 aromatic rings. The van der Waals surface area contributed by atoms with E-state index in [1.165, 1.54) is 0 Å². The van der Waals surface area contributed by atoms with Crippen molar-refractivity contribution < 1.29 is 32.7 Å². The average molecular weight is 350 g/mol. The normalized spacial score (nSPS) is 12.9. The van der Waals surface area contributed by atoms with Crippen LogP contribution < -0.4 is 0 Å². The third-order valence-corrected chi connectivity index (χ3v) is 6.35. The van der Waals surface area contributed by atoms with E-state index in [1.807, 2.05) is 20.8 Å². The van der Waals surface area contributed by atoms with Gasteiger partial charge in [0, 0.05) is 25.9 Å². The molecule has 8 heteroatoms. The van der Waals surface area contributed by atoms with Crippen molar-refractivity contribution in [1.29, 1.82) is 0 Å². The van der Waals surface area contributed by atoms with Crippen molar-refractivity contribution in [2.75, 3.05) is 26.4 Å². The van der Waals surface area contributed by atoms with Gasteiger partial charge in [-0.1, -0.05) is 0 Å². The first kappa shape index (κ1) is 22.0. The van der Waals surface area contributed by atoms with E-state index in [9.17, 15) is 14.7 Å². The summed E-state index contributed by atoms with van der Waals surface area (Å²) in [6, 6.07) is 0.537. The van der Waals surface area contributed by atoms with Gasteiger partial charge in [0.1, 0.15) is 0 Å². The SMILES string of the molecule is CCOC(=O)CC(CCC[Si](OCC)(OCC)OCC)C(=O)O. The van der Waals surface area contributed by atoms with Gasteiger partial charge < -0.3 is 23.1 Å². The summed E-state index contributed by atoms with van der Waals surface area (Å²) in [4.78, 5) is 22.8. The van der Waals surface area contributed by atoms with Crippen molar-refractivity contribution in [3.05, 3.63) is 0 Å². The molecule has 0 saturated carbocycles. The summed E-state index contributed by atoms with van der Waals surface area (Å²) in [5.74, 6) is -2.23. The molecule has 7 nitrogen and oxygen atoms in total. The van der Waals surface area contributed by atoms with E-state index >= 15 is 0 Å². The van der Waals surface area contributed by atoms with Gasteiger partial charge in [-0.15, -0.1) is 0 Å². The Kier molecular flexibility index (Phi) is 11.9. The van der Waals surface area contributed by atoms with Crippen LogP contribution in [0.5, 0.6) is 0 Å². The van der Waals surface area contributed by atoms with Gasteiger partial charge in [-0.2, -0.15) is 0 Å². The molecule has 0 aromatic heterocycles. The molecule has 0 aliphatic rings. The van der Waals surface area contributed by atoms with Crippen LogP contribution in [0, 0.1) is 5.92 Å². The minimum Gasteiger partial charge on any atom is -0.481 e. The second-order valence-electron chi connectivity index (χ2n) is 4.92. The van der Waals surface area contributed by atoms with E-state index in [1.54, 1.807) is 6.92 Å². The molecule has 1 atom stereocenters. The lowest BCUT2D eigenvalue weighted by atomic mass is 10.0. The summed E-state index contributed by atoms with van der Waals surface area (Å²) < 4.78 is 22.0. The zero-order valence-electron chi connectivity index (χ0n) is 14.6. The van der Waals surface area contributed by atoms with Gasteiger partial charge >= 0.3 is 20.7 Å². The van der Waals surface area contributed by atoms with Gasteiger partial charge in [-0.3, -0.25) is 9.59 Å². The maximum absolute atomic E-state index is 11.5. The molecule has 0 heterocycles. The van der Waals surface area contributed by atoms with E-state index in [0.29, 0.717) is 38.7 Å². The second-order valence-corrected chi connectivity index (χ2v) is 7.65. The number of hydrogen-bond donors (Lipinski definition) is 1. The highest BCUT2D eigenvalue weighted by Gasteiger charge is 2.40. The van der Waals surface area contributed by atoms with Crippen LogP contribution in [0.2, 0.25) is 6.04 Å². The fourth-order valence-corrected chi connectivity index (χ4v) is 4.94. The Morgan fingerprint density at radius 1 is 0.957 bits per heavy atom. The molecular weight excluding hydrogens is 320 g/mol. The number of ether oxygens (including phenoxy) is 1. The zero-order valence-corrected chi connectivity index (χ0v) is 15.6. The Labute approximate surface area is 139 Å². The molecule has 0 aliphatic carbocycles. The number of carboxylic acids is 1. The molecule has 0 amide bonds. The van der Waals surface area contributed by atoms with Gasteiger partial charge in [0.05, 0.1) is 18.9 Å². The molecule has 136 valence electrons. The van der Waals surface area contributed by atoms with Crippen LogP contribution >= 0.6 is 0 Å². The minimum atomic E-state index is -2.76. The Bertz CT molecular complexity index is 332. The molecule has 0 saturated heterocycles. The molecule has 0 aliphatic heterocycles. The van der Waals surface area contributed by atoms with Crippen LogP contribution in [0.25, 0.3) is 0 Å². The largest absolute Gasteiger partial charge is 0.500 e. The standard InChI is InChI=1S/C15H30O7Si/c1-5-19-14(16)12-13(15(17)18)10-9-11-23(20-6-2,21-7-3)22-8-4/h13H,5-12H2,1-4H3,(H,17,18). The predicted octanol–water partition coefficient (Wildman–Crippen LogP) is 2.47. The summed E-state index contributed by atoms with van der Waals surface area (Å²) in [7, 11) is -2.76. The van der Waals surface area contributed by atoms with Gasteiger partial charge in [0.25, 0.3) is 0 Å². The van der Waals surface area contributed by atoms with E-state index in [2.05, 4.69) is 0 Å². The number of carbonyl (C=O) groups excluding carboxylic acids is 1. The quantitative estimate of drug-likeness (QED) is 0.380. The first-order valence-electron chi connectivity index (χ1n) is 8.24. The molecule has 0 spiro atoms. The van der Waals surface area contributed by atoms with E-state index in [-0.39, 0.29) is 13.0 Å². The Morgan fingerprint density at radius 2 is 1.48 bits per heavy atom. The van der Waals surface area contributed by atoms with Gasteiger partial charge in [0.2, 0.25) is 0 Å². The van der Waals surface area contributed by atoms with Crippen molar-refractivity contribution >= 4 is 20.7 Å². The fourth-order valence-electron chi connectivity index (χ4n) is 2.30. The van der Waals surface area contributed by atoms with Gasteiger partial charge in [-0.05, 0) is 40.5 Å². The molecule has 0 rings (SSSR count). The lowest BCUT2D eigenvalue weighted by Gasteiger charge is -2.28. The number of rotatable bonds is 14. The molecule has 0 aromatic carbocycles. The zero-order chi connectivity index (χ0) is 17.7. The summed E-state index contributed by atoms with van der Waals surface area (Å²) in [5, 5.41) is 9.24. The summed E-state index contributed by atoms with van der Waals surface area (Å²) in [5.41, 5.74) is 0. The number of hydrogen-bond acceptors (Lipinski definition) is 6. The second kappa shape index (κ2) is 12.5. The molecular formula is C15H30O7Si. The maximum atomic E-state index is 11.5. The summed E-state index contributed by atoms with van der Waals surface area (Å²) >= 11 is 0. The van der Waals surface area contributed by atoms with Crippen molar-refractivity contribution in [3.8, 4) is 0 Å². The predicted molar refractivity (Wildman–Crippen MR) is 87.0 cm³/mol. The third kappa shape index (κ3) is 9.04. The highest BCUT2D eigenvalue weighted by Crippen LogP contribution is 2.22. The van der Waals surface area contributed by atoms with Crippen LogP contribution in [0.3, 0.4) is 0 Å². The van der Waals surface area contributed by atoms with Crippen LogP contribution in [0.4, 0.5) is 0 Å². The van der Waals surface area contributed by atoms with Crippen LogP contribution in [-0.4, -0.2) is 52.3 Å². The van der Waals surface area contributed by atoms with Gasteiger partial charge in [-0.25, -0.2) is 0 Å². The van der Waals surface area contributed by atoms with Gasteiger partial charge in [0.15, 0.2) is 0 Å². The smallest absolute Gasteiger partial charge is 0.481 e. The van der Waals surface area contributed by atoms with E-state index < -0.39 is 26.7 Å². The third-order valence-electron chi connectivity index (χ3n) is 3.20. The lowest BCUT2D eigenvalue weighted by Crippen LogP contribution is -2.46. The van der Waals surface area contributed by atoms with Crippen LogP contribution in [-0.2, 0) is 27.6 Å². The topological polar surface area (TPSA) is 91.3 Å². The van der Waals surface area contributed by atoms with Crippen molar-refractivity contribution in [2.45, 2.75) is 53.0 Å². The highest BCUT2D eigenvalue weighted by atomic mass is 28.4. The molecule has 0 bridgehead atoms. The lowest BCUT2D eigenvalue weighted by molar-refractivity contribution is -0.151. The molecule has 1 N–H and O–H groups in total. The first-order chi connectivity index (χ1) is 10.9. The number of carbonyl (C=O) groups is 2. The Hall–Kier alpha value is -0.963. The van der Waals surface area contributed by atoms with E-state index in [0.717, 1.165) is 0 Å². The molecule has 1 unspecified atom stereocenters. The average Bonchev–Trinajstić information content (AvgIpc) is 2.47. The Balaban J connectivity index is 4.61. The first-order valence-corrected chi connectivity index (χ1v) is 10.2. The molecule has 0 radical (unpaired) electrons. The van der Waals surface area contributed by atoms with Crippen LogP contribution in [0.1, 0.15) is 47.0 Å².